The standard InChI is InChI=1S/C14H19N5O2/c1-5-11(3)15-21-9-12-10(2)7-6-8-13(12)19-14(20)18(4)16-17-19/h6-8H,5,9H2,1-4H3. The van der Waals surface area contributed by atoms with Crippen LogP contribution in [0.25, 0.3) is 5.69 Å². The normalized spacial score (nSPS) is 11.7. The minimum atomic E-state index is -0.296. The van der Waals surface area contributed by atoms with Crippen LogP contribution in [-0.4, -0.2) is 25.5 Å². The molecule has 0 aliphatic carbocycles. The Morgan fingerprint density at radius 1 is 1.38 bits per heavy atom. The average molecular weight is 289 g/mol. The van der Waals surface area contributed by atoms with Crippen molar-refractivity contribution in [3.63, 3.8) is 0 Å². The van der Waals surface area contributed by atoms with Gasteiger partial charge in [0.1, 0.15) is 6.61 Å². The second-order valence-electron chi connectivity index (χ2n) is 4.82. The summed E-state index contributed by atoms with van der Waals surface area (Å²) in [5.74, 6) is 0. The number of rotatable bonds is 5. The van der Waals surface area contributed by atoms with Crippen molar-refractivity contribution in [2.45, 2.75) is 33.8 Å². The highest BCUT2D eigenvalue weighted by molar-refractivity contribution is 5.80. The highest BCUT2D eigenvalue weighted by Crippen LogP contribution is 2.18. The van der Waals surface area contributed by atoms with Crippen LogP contribution in [0.1, 0.15) is 31.4 Å². The van der Waals surface area contributed by atoms with Gasteiger partial charge in [-0.2, -0.15) is 9.36 Å². The summed E-state index contributed by atoms with van der Waals surface area (Å²) in [4.78, 5) is 17.4. The van der Waals surface area contributed by atoms with Crippen LogP contribution in [0.4, 0.5) is 0 Å². The largest absolute Gasteiger partial charge is 0.391 e. The second-order valence-corrected chi connectivity index (χ2v) is 4.82. The van der Waals surface area contributed by atoms with Gasteiger partial charge in [0.15, 0.2) is 0 Å². The molecule has 1 aromatic carbocycles. The third-order valence-corrected chi connectivity index (χ3v) is 3.28. The zero-order valence-electron chi connectivity index (χ0n) is 12.7. The van der Waals surface area contributed by atoms with Gasteiger partial charge in [-0.25, -0.2) is 4.79 Å². The molecule has 0 atom stereocenters. The quantitative estimate of drug-likeness (QED) is 0.618. The van der Waals surface area contributed by atoms with Gasteiger partial charge in [0, 0.05) is 12.6 Å². The van der Waals surface area contributed by atoms with Crippen molar-refractivity contribution in [1.29, 1.82) is 0 Å². The van der Waals surface area contributed by atoms with Crippen molar-refractivity contribution in [2.24, 2.45) is 12.2 Å². The molecule has 0 N–H and O–H groups in total. The molecule has 0 aliphatic rings. The Hall–Kier alpha value is -2.44. The molecule has 1 aromatic heterocycles. The Morgan fingerprint density at radius 2 is 2.14 bits per heavy atom. The Kier molecular flexibility index (Phi) is 4.52. The van der Waals surface area contributed by atoms with E-state index in [9.17, 15) is 4.79 Å². The molecule has 0 aliphatic heterocycles. The van der Waals surface area contributed by atoms with E-state index in [4.69, 9.17) is 4.84 Å². The zero-order chi connectivity index (χ0) is 15.4. The van der Waals surface area contributed by atoms with Crippen molar-refractivity contribution in [2.75, 3.05) is 0 Å². The van der Waals surface area contributed by atoms with Gasteiger partial charge in [0.05, 0.1) is 11.4 Å². The van der Waals surface area contributed by atoms with Gasteiger partial charge < -0.3 is 4.84 Å². The van der Waals surface area contributed by atoms with Crippen molar-refractivity contribution in [3.05, 3.63) is 39.8 Å². The summed E-state index contributed by atoms with van der Waals surface area (Å²) >= 11 is 0. The highest BCUT2D eigenvalue weighted by Gasteiger charge is 2.13. The lowest BCUT2D eigenvalue weighted by Crippen LogP contribution is -2.23. The molecule has 2 aromatic rings. The van der Waals surface area contributed by atoms with Gasteiger partial charge >= 0.3 is 5.69 Å². The van der Waals surface area contributed by atoms with Gasteiger partial charge in [-0.15, -0.1) is 0 Å². The maximum absolute atomic E-state index is 12.0. The van der Waals surface area contributed by atoms with Gasteiger partial charge in [0.2, 0.25) is 0 Å². The fourth-order valence-corrected chi connectivity index (χ4v) is 1.81. The monoisotopic (exact) mass is 289 g/mol. The smallest absolute Gasteiger partial charge is 0.368 e. The number of oxime groups is 1. The molecule has 1 heterocycles. The number of aromatic nitrogens is 4. The van der Waals surface area contributed by atoms with Gasteiger partial charge in [-0.1, -0.05) is 24.2 Å². The van der Waals surface area contributed by atoms with Crippen LogP contribution in [0.5, 0.6) is 0 Å². The van der Waals surface area contributed by atoms with E-state index in [0.717, 1.165) is 23.3 Å². The van der Waals surface area contributed by atoms with E-state index < -0.39 is 0 Å². The zero-order valence-corrected chi connectivity index (χ0v) is 12.7. The van der Waals surface area contributed by atoms with E-state index in [-0.39, 0.29) is 12.3 Å². The molecule has 7 heteroatoms. The van der Waals surface area contributed by atoms with Crippen LogP contribution >= 0.6 is 0 Å². The van der Waals surface area contributed by atoms with E-state index in [1.807, 2.05) is 39.0 Å². The minimum absolute atomic E-state index is 0.280. The maximum atomic E-state index is 12.0. The lowest BCUT2D eigenvalue weighted by molar-refractivity contribution is 0.129. The molecule has 0 saturated heterocycles. The Labute approximate surface area is 122 Å². The Balaban J connectivity index is 2.37. The van der Waals surface area contributed by atoms with Crippen LogP contribution in [0, 0.1) is 6.92 Å². The summed E-state index contributed by atoms with van der Waals surface area (Å²) in [6, 6.07) is 5.65. The Bertz CT molecular complexity index is 714. The number of nitrogens with zero attached hydrogens (tertiary/aromatic N) is 5. The fourth-order valence-electron chi connectivity index (χ4n) is 1.81. The minimum Gasteiger partial charge on any atom is -0.391 e. The molecule has 0 radical (unpaired) electrons. The predicted molar refractivity (Wildman–Crippen MR) is 79.5 cm³/mol. The summed E-state index contributed by atoms with van der Waals surface area (Å²) in [5.41, 5.74) is 3.16. The molecular weight excluding hydrogens is 270 g/mol. The lowest BCUT2D eigenvalue weighted by Gasteiger charge is -2.10. The van der Waals surface area contributed by atoms with Gasteiger partial charge in [-0.05, 0) is 42.3 Å². The van der Waals surface area contributed by atoms with E-state index in [1.165, 1.54) is 9.36 Å². The number of hydrogen-bond acceptors (Lipinski definition) is 5. The number of benzene rings is 1. The predicted octanol–water partition coefficient (Wildman–Crippen LogP) is 1.58. The number of tetrazole rings is 1. The van der Waals surface area contributed by atoms with Gasteiger partial charge in [0.25, 0.3) is 0 Å². The summed E-state index contributed by atoms with van der Waals surface area (Å²) < 4.78 is 2.45. The second kappa shape index (κ2) is 6.34. The molecule has 0 unspecified atom stereocenters. The molecule has 0 amide bonds. The van der Waals surface area contributed by atoms with Crippen LogP contribution in [-0.2, 0) is 18.5 Å². The van der Waals surface area contributed by atoms with Crippen LogP contribution < -0.4 is 5.69 Å². The first-order valence-corrected chi connectivity index (χ1v) is 6.78. The Morgan fingerprint density at radius 3 is 2.76 bits per heavy atom. The summed E-state index contributed by atoms with van der Waals surface area (Å²) in [5, 5.41) is 11.6. The first-order chi connectivity index (χ1) is 10.0. The third-order valence-electron chi connectivity index (χ3n) is 3.28. The molecule has 0 fully saturated rings. The number of aryl methyl sites for hydroxylation is 2. The third kappa shape index (κ3) is 3.18. The summed E-state index contributed by atoms with van der Waals surface area (Å²) in [6.07, 6.45) is 0.838. The molecule has 2 rings (SSSR count). The van der Waals surface area contributed by atoms with Gasteiger partial charge in [-0.3, -0.25) is 0 Å². The SMILES string of the molecule is CCC(C)=NOCc1c(C)cccc1-n1nnn(C)c1=O. The fraction of sp³-hybridized carbons (Fsp3) is 0.429. The van der Waals surface area contributed by atoms with E-state index in [2.05, 4.69) is 15.6 Å². The highest BCUT2D eigenvalue weighted by atomic mass is 16.6. The van der Waals surface area contributed by atoms with E-state index in [1.54, 1.807) is 7.05 Å². The molecular formula is C14H19N5O2. The van der Waals surface area contributed by atoms with Crippen molar-refractivity contribution in [1.82, 2.24) is 19.8 Å². The summed E-state index contributed by atoms with van der Waals surface area (Å²) in [6.45, 7) is 6.16. The van der Waals surface area contributed by atoms with Crippen molar-refractivity contribution in [3.8, 4) is 5.69 Å². The van der Waals surface area contributed by atoms with Crippen molar-refractivity contribution < 1.29 is 4.84 Å². The van der Waals surface area contributed by atoms with Crippen LogP contribution in [0.3, 0.4) is 0 Å². The first-order valence-electron chi connectivity index (χ1n) is 6.78. The van der Waals surface area contributed by atoms with Crippen LogP contribution in [0.15, 0.2) is 28.1 Å². The average Bonchev–Trinajstić information content (AvgIpc) is 2.80. The van der Waals surface area contributed by atoms with E-state index in [0.29, 0.717) is 5.69 Å². The molecule has 7 nitrogen and oxygen atoms in total. The number of hydrogen-bond donors (Lipinski definition) is 0. The topological polar surface area (TPSA) is 74.3 Å². The lowest BCUT2D eigenvalue weighted by atomic mass is 10.1. The van der Waals surface area contributed by atoms with Crippen molar-refractivity contribution >= 4 is 5.71 Å². The van der Waals surface area contributed by atoms with E-state index >= 15 is 0 Å². The molecule has 0 bridgehead atoms. The molecule has 0 saturated carbocycles. The maximum Gasteiger partial charge on any atom is 0.368 e. The molecule has 112 valence electrons. The summed E-state index contributed by atoms with van der Waals surface area (Å²) in [7, 11) is 1.56. The first kappa shape index (κ1) is 15.0. The molecule has 0 spiro atoms. The van der Waals surface area contributed by atoms with Crippen LogP contribution in [0.2, 0.25) is 0 Å². The molecule has 21 heavy (non-hydrogen) atoms.